The Kier molecular flexibility index (Phi) is 6.09. The van der Waals surface area contributed by atoms with Gasteiger partial charge >= 0.3 is 12.1 Å². The minimum Gasteiger partial charge on any atom is -0.455 e. The van der Waals surface area contributed by atoms with E-state index in [1.54, 1.807) is 12.1 Å². The van der Waals surface area contributed by atoms with Crippen molar-refractivity contribution in [1.82, 2.24) is 0 Å². The summed E-state index contributed by atoms with van der Waals surface area (Å²) in [5, 5.41) is 2.10. The fraction of sp³-hybridized carbons (Fsp3) is 0.286. The quantitative estimate of drug-likeness (QED) is 0.751. The molecular formula is C21H19F3N2O4. The van der Waals surface area contributed by atoms with E-state index in [9.17, 15) is 27.6 Å². The molecule has 3 rings (SSSR count). The number of carbonyl (C=O) groups is 3. The fourth-order valence-corrected chi connectivity index (χ4v) is 3.24. The highest BCUT2D eigenvalue weighted by Crippen LogP contribution is 2.34. The van der Waals surface area contributed by atoms with Gasteiger partial charge < -0.3 is 15.0 Å². The van der Waals surface area contributed by atoms with Crippen molar-refractivity contribution in [1.29, 1.82) is 0 Å². The van der Waals surface area contributed by atoms with Crippen molar-refractivity contribution in [3.63, 3.8) is 0 Å². The summed E-state index contributed by atoms with van der Waals surface area (Å²) in [6.07, 6.45) is -4.70. The number of hydrogen-bond donors (Lipinski definition) is 1. The maximum Gasteiger partial charge on any atom is 0.418 e. The number of aryl methyl sites for hydroxylation is 1. The van der Waals surface area contributed by atoms with Crippen LogP contribution < -0.4 is 10.2 Å². The lowest BCUT2D eigenvalue weighted by Gasteiger charge is -2.18. The van der Waals surface area contributed by atoms with Crippen LogP contribution in [0.15, 0.2) is 48.5 Å². The number of halogens is 3. The molecule has 2 aromatic carbocycles. The molecule has 6 nitrogen and oxygen atoms in total. The van der Waals surface area contributed by atoms with Crippen molar-refractivity contribution in [2.75, 3.05) is 23.4 Å². The van der Waals surface area contributed by atoms with Gasteiger partial charge in [0.1, 0.15) is 0 Å². The van der Waals surface area contributed by atoms with Crippen LogP contribution in [0.25, 0.3) is 0 Å². The normalized spacial score (nSPS) is 16.5. The molecule has 30 heavy (non-hydrogen) atoms. The van der Waals surface area contributed by atoms with Crippen molar-refractivity contribution in [2.24, 2.45) is 5.92 Å². The molecule has 1 atom stereocenters. The lowest BCUT2D eigenvalue weighted by atomic mass is 10.1. The molecular weight excluding hydrogens is 401 g/mol. The molecule has 1 saturated heterocycles. The summed E-state index contributed by atoms with van der Waals surface area (Å²) in [4.78, 5) is 38.0. The fourth-order valence-electron chi connectivity index (χ4n) is 3.24. The largest absolute Gasteiger partial charge is 0.455 e. The molecule has 158 valence electrons. The number of hydrogen-bond acceptors (Lipinski definition) is 4. The first-order valence-corrected chi connectivity index (χ1v) is 9.15. The molecule has 1 N–H and O–H groups in total. The molecule has 0 unspecified atom stereocenters. The van der Waals surface area contributed by atoms with Gasteiger partial charge in [0.25, 0.3) is 5.91 Å². The highest BCUT2D eigenvalue weighted by atomic mass is 19.4. The van der Waals surface area contributed by atoms with Crippen molar-refractivity contribution >= 4 is 29.2 Å². The molecule has 0 spiro atoms. The second-order valence-electron chi connectivity index (χ2n) is 6.89. The molecule has 2 aromatic rings. The van der Waals surface area contributed by atoms with E-state index in [2.05, 4.69) is 5.32 Å². The molecule has 0 bridgehead atoms. The number of nitrogens with one attached hydrogen (secondary N) is 1. The number of esters is 1. The second-order valence-corrected chi connectivity index (χ2v) is 6.89. The van der Waals surface area contributed by atoms with Crippen molar-refractivity contribution in [2.45, 2.75) is 19.5 Å². The molecule has 1 aliphatic rings. The number of benzene rings is 2. The summed E-state index contributed by atoms with van der Waals surface area (Å²) in [6.45, 7) is 1.21. The van der Waals surface area contributed by atoms with E-state index in [0.717, 1.165) is 17.7 Å². The van der Waals surface area contributed by atoms with Gasteiger partial charge in [0.2, 0.25) is 5.91 Å². The maximum absolute atomic E-state index is 13.0. The molecule has 1 fully saturated rings. The van der Waals surface area contributed by atoms with Crippen LogP contribution in [0.5, 0.6) is 0 Å². The highest BCUT2D eigenvalue weighted by molar-refractivity contribution is 6.00. The van der Waals surface area contributed by atoms with E-state index >= 15 is 0 Å². The van der Waals surface area contributed by atoms with Gasteiger partial charge in [-0.3, -0.25) is 14.4 Å². The summed E-state index contributed by atoms with van der Waals surface area (Å²) in [6, 6.07) is 11.7. The standard InChI is InChI=1S/C21H19F3N2O4/c1-13-6-2-5-9-17(13)26-11-14(10-19(26)28)20(29)30-12-18(27)25-16-8-4-3-7-15(16)21(22,23)24/h2-9,14H,10-12H2,1H3,(H,25,27)/t14-/m1/s1. The Balaban J connectivity index is 1.57. The lowest BCUT2D eigenvalue weighted by Crippen LogP contribution is -2.28. The van der Waals surface area contributed by atoms with Crippen molar-refractivity contribution in [3.05, 3.63) is 59.7 Å². The predicted molar refractivity (Wildman–Crippen MR) is 103 cm³/mol. The zero-order valence-corrected chi connectivity index (χ0v) is 16.0. The van der Waals surface area contributed by atoms with Crippen LogP contribution in [0.3, 0.4) is 0 Å². The number of alkyl halides is 3. The molecule has 9 heteroatoms. The van der Waals surface area contributed by atoms with Gasteiger partial charge in [0.15, 0.2) is 6.61 Å². The topological polar surface area (TPSA) is 75.7 Å². The summed E-state index contributed by atoms with van der Waals surface area (Å²) in [5.74, 6) is -2.65. The number of nitrogens with zero attached hydrogens (tertiary/aromatic N) is 1. The van der Waals surface area contributed by atoms with Crippen LogP contribution in [-0.4, -0.2) is 30.9 Å². The van der Waals surface area contributed by atoms with Crippen LogP contribution in [0.1, 0.15) is 17.5 Å². The van der Waals surface area contributed by atoms with Gasteiger partial charge in [-0.05, 0) is 30.7 Å². The van der Waals surface area contributed by atoms with E-state index in [0.29, 0.717) is 5.69 Å². The Bertz CT molecular complexity index is 975. The summed E-state index contributed by atoms with van der Waals surface area (Å²) >= 11 is 0. The summed E-state index contributed by atoms with van der Waals surface area (Å²) < 4.78 is 43.9. The first-order valence-electron chi connectivity index (χ1n) is 9.15. The average molecular weight is 420 g/mol. The minimum absolute atomic E-state index is 0.0638. The third kappa shape index (κ3) is 4.79. The Morgan fingerprint density at radius 2 is 1.80 bits per heavy atom. The van der Waals surface area contributed by atoms with Crippen LogP contribution in [0.2, 0.25) is 0 Å². The molecule has 0 saturated carbocycles. The van der Waals surface area contributed by atoms with Crippen LogP contribution in [-0.2, 0) is 25.3 Å². The molecule has 0 aromatic heterocycles. The summed E-state index contributed by atoms with van der Waals surface area (Å²) in [7, 11) is 0. The van der Waals surface area contributed by atoms with Gasteiger partial charge in [0.05, 0.1) is 17.2 Å². The minimum atomic E-state index is -4.64. The molecule has 0 radical (unpaired) electrons. The SMILES string of the molecule is Cc1ccccc1N1C[C@H](C(=O)OCC(=O)Nc2ccccc2C(F)(F)F)CC1=O. The van der Waals surface area contributed by atoms with Crippen molar-refractivity contribution < 1.29 is 32.3 Å². The van der Waals surface area contributed by atoms with Crippen LogP contribution in [0.4, 0.5) is 24.5 Å². The second kappa shape index (κ2) is 8.56. The van der Waals surface area contributed by atoms with Crippen molar-refractivity contribution in [3.8, 4) is 0 Å². The van der Waals surface area contributed by atoms with Gasteiger partial charge in [0, 0.05) is 18.7 Å². The third-order valence-corrected chi connectivity index (χ3v) is 4.72. The Labute approximate surface area is 170 Å². The lowest BCUT2D eigenvalue weighted by molar-refractivity contribution is -0.151. The number of para-hydroxylation sites is 2. The van der Waals surface area contributed by atoms with E-state index < -0.39 is 41.8 Å². The van der Waals surface area contributed by atoms with Gasteiger partial charge in [-0.1, -0.05) is 30.3 Å². The number of carbonyl (C=O) groups excluding carboxylic acids is 3. The van der Waals surface area contributed by atoms with E-state index in [1.165, 1.54) is 17.0 Å². The van der Waals surface area contributed by atoms with Gasteiger partial charge in [-0.15, -0.1) is 0 Å². The molecule has 0 aliphatic carbocycles. The number of anilines is 2. The predicted octanol–water partition coefficient (Wildman–Crippen LogP) is 3.55. The average Bonchev–Trinajstić information content (AvgIpc) is 3.07. The Hall–Kier alpha value is -3.36. The molecule has 1 aliphatic heterocycles. The molecule has 2 amide bonds. The van der Waals surface area contributed by atoms with E-state index in [-0.39, 0.29) is 18.9 Å². The number of rotatable bonds is 5. The van der Waals surface area contributed by atoms with E-state index in [4.69, 9.17) is 4.74 Å². The first-order chi connectivity index (χ1) is 14.2. The Morgan fingerprint density at radius 1 is 1.13 bits per heavy atom. The van der Waals surface area contributed by atoms with Crippen LogP contribution >= 0.6 is 0 Å². The monoisotopic (exact) mass is 420 g/mol. The highest BCUT2D eigenvalue weighted by Gasteiger charge is 2.37. The first kappa shape index (κ1) is 21.4. The van der Waals surface area contributed by atoms with Gasteiger partial charge in [-0.2, -0.15) is 13.2 Å². The maximum atomic E-state index is 13.0. The number of amides is 2. The van der Waals surface area contributed by atoms with Crippen LogP contribution in [0, 0.1) is 12.8 Å². The van der Waals surface area contributed by atoms with Gasteiger partial charge in [-0.25, -0.2) is 0 Å². The number of ether oxygens (including phenoxy) is 1. The Morgan fingerprint density at radius 3 is 2.50 bits per heavy atom. The smallest absolute Gasteiger partial charge is 0.418 e. The molecule has 1 heterocycles. The summed E-state index contributed by atoms with van der Waals surface area (Å²) in [5.41, 5.74) is 0.148. The zero-order valence-electron chi connectivity index (χ0n) is 16.0. The zero-order chi connectivity index (χ0) is 21.9. The van der Waals surface area contributed by atoms with E-state index in [1.807, 2.05) is 19.1 Å². The third-order valence-electron chi connectivity index (χ3n) is 4.72.